The summed E-state index contributed by atoms with van der Waals surface area (Å²) in [7, 11) is 0. The number of nitro groups is 1. The molecule has 4 nitrogen and oxygen atoms in total. The summed E-state index contributed by atoms with van der Waals surface area (Å²) in [5, 5.41) is 15.5. The van der Waals surface area contributed by atoms with E-state index in [1.165, 1.54) is 0 Å². The van der Waals surface area contributed by atoms with Crippen LogP contribution in [0.25, 0.3) is 0 Å². The van der Waals surface area contributed by atoms with E-state index in [-0.39, 0.29) is 0 Å². The molecule has 0 aliphatic carbocycles. The number of nitrogens with zero attached hydrogens (tertiary/aromatic N) is 1. The summed E-state index contributed by atoms with van der Waals surface area (Å²) in [6.45, 7) is 1.12. The van der Waals surface area contributed by atoms with Crippen molar-refractivity contribution in [1.29, 1.82) is 5.41 Å². The Hall–Kier alpha value is -0.930. The van der Waals surface area contributed by atoms with Crippen LogP contribution in [0.2, 0.25) is 0 Å². The van der Waals surface area contributed by atoms with Crippen molar-refractivity contribution in [1.82, 2.24) is 0 Å². The highest BCUT2D eigenvalue weighted by Crippen LogP contribution is 1.65. The first-order chi connectivity index (χ1) is 2.64. The van der Waals surface area contributed by atoms with E-state index in [1.807, 2.05) is 0 Å². The number of rotatable bonds is 0. The highest BCUT2D eigenvalue weighted by Gasteiger charge is 1.91. The van der Waals surface area contributed by atoms with Gasteiger partial charge in [0.15, 0.2) is 0 Å². The summed E-state index contributed by atoms with van der Waals surface area (Å²) < 4.78 is 0. The third-order valence-electron chi connectivity index (χ3n) is 0.274. The zero-order valence-corrected chi connectivity index (χ0v) is 3.26. The second-order valence-electron chi connectivity index (χ2n) is 0.843. The van der Waals surface area contributed by atoms with Gasteiger partial charge in [-0.05, 0) is 4.92 Å². The van der Waals surface area contributed by atoms with Crippen LogP contribution in [0, 0.1) is 15.5 Å². The van der Waals surface area contributed by atoms with Crippen LogP contribution in [0.4, 0.5) is 0 Å². The molecule has 0 saturated heterocycles. The lowest BCUT2D eigenvalue weighted by Gasteiger charge is -1.82. The molecular weight excluding hydrogens is 84.0 g/mol. The quantitative estimate of drug-likeness (QED) is 0.200. The molecule has 1 N–H and O–H groups in total. The molecule has 0 spiro atoms. The van der Waals surface area contributed by atoms with Gasteiger partial charge >= 0.3 is 5.84 Å². The Kier molecular flexibility index (Phi) is 1.26. The first-order valence-electron chi connectivity index (χ1n) is 1.34. The Balaban J connectivity index is 3.57. The molecule has 0 aromatic rings. The lowest BCUT2D eigenvalue weighted by atomic mass is 10.7. The fourth-order valence-corrected chi connectivity index (χ4v) is 0. The molecule has 0 bridgehead atoms. The molecule has 6 heavy (non-hydrogen) atoms. The lowest BCUT2D eigenvalue weighted by Crippen LogP contribution is -2.02. The van der Waals surface area contributed by atoms with E-state index in [0.717, 1.165) is 6.92 Å². The predicted molar refractivity (Wildman–Crippen MR) is 20.4 cm³/mol. The average molecular weight is 88.1 g/mol. The maximum Gasteiger partial charge on any atom is 0.327 e. The summed E-state index contributed by atoms with van der Waals surface area (Å²) in [5.41, 5.74) is 0. The summed E-state index contributed by atoms with van der Waals surface area (Å²) >= 11 is 0. The number of hydrogen-bond acceptors (Lipinski definition) is 3. The topological polar surface area (TPSA) is 67.0 Å². The second-order valence-corrected chi connectivity index (χ2v) is 0.843. The minimum absolute atomic E-state index is 0.519. The smallest absolute Gasteiger partial charge is 0.327 e. The number of hydrogen-bond donors (Lipinski definition) is 1. The van der Waals surface area contributed by atoms with Crippen molar-refractivity contribution in [2.24, 2.45) is 0 Å². The third-order valence-corrected chi connectivity index (χ3v) is 0.274. The van der Waals surface area contributed by atoms with Crippen LogP contribution in [0.3, 0.4) is 0 Å². The van der Waals surface area contributed by atoms with Gasteiger partial charge in [-0.15, -0.1) is 5.41 Å². The largest absolute Gasteiger partial charge is 0.358 e. The van der Waals surface area contributed by atoms with Crippen molar-refractivity contribution in [2.75, 3.05) is 0 Å². The van der Waals surface area contributed by atoms with Crippen LogP contribution < -0.4 is 0 Å². The lowest BCUT2D eigenvalue weighted by molar-refractivity contribution is -0.352. The van der Waals surface area contributed by atoms with Gasteiger partial charge < -0.3 is 10.1 Å². The Morgan fingerprint density at radius 2 is 2.17 bits per heavy atom. The van der Waals surface area contributed by atoms with Crippen molar-refractivity contribution in [3.8, 4) is 0 Å². The van der Waals surface area contributed by atoms with Gasteiger partial charge in [-0.1, -0.05) is 0 Å². The molecule has 0 radical (unpaired) electrons. The summed E-state index contributed by atoms with van der Waals surface area (Å²) in [4.78, 5) is 8.53. The van der Waals surface area contributed by atoms with E-state index >= 15 is 0 Å². The highest BCUT2D eigenvalue weighted by molar-refractivity contribution is 5.66. The van der Waals surface area contributed by atoms with E-state index in [9.17, 15) is 10.1 Å². The summed E-state index contributed by atoms with van der Waals surface area (Å²) in [6, 6.07) is 0. The van der Waals surface area contributed by atoms with Crippen LogP contribution in [0.15, 0.2) is 0 Å². The Morgan fingerprint density at radius 1 is 2.00 bits per heavy atom. The van der Waals surface area contributed by atoms with Crippen molar-refractivity contribution >= 4 is 5.84 Å². The zero-order chi connectivity index (χ0) is 5.15. The van der Waals surface area contributed by atoms with Crippen molar-refractivity contribution < 1.29 is 4.92 Å². The molecule has 0 heterocycles. The van der Waals surface area contributed by atoms with Crippen LogP contribution in [-0.2, 0) is 0 Å². The zero-order valence-electron chi connectivity index (χ0n) is 3.26. The summed E-state index contributed by atoms with van der Waals surface area (Å²) in [6.07, 6.45) is 0. The van der Waals surface area contributed by atoms with E-state index in [1.54, 1.807) is 0 Å². The Bertz CT molecular complexity index is 75.5. The van der Waals surface area contributed by atoms with E-state index < -0.39 is 10.8 Å². The Labute approximate surface area is 34.4 Å². The molecule has 4 heteroatoms. The van der Waals surface area contributed by atoms with Gasteiger partial charge in [-0.3, -0.25) is 0 Å². The van der Waals surface area contributed by atoms with Crippen molar-refractivity contribution in [3.05, 3.63) is 10.1 Å². The van der Waals surface area contributed by atoms with Crippen molar-refractivity contribution in [3.63, 3.8) is 0 Å². The fraction of sp³-hybridized carbons (Fsp3) is 0.500. The number of nitrogens with one attached hydrogen (secondary N) is 1. The monoisotopic (exact) mass is 88.0 g/mol. The molecular formula is C2H4N2O2. The van der Waals surface area contributed by atoms with Gasteiger partial charge in [-0.25, -0.2) is 0 Å². The van der Waals surface area contributed by atoms with Gasteiger partial charge in [0, 0.05) is 6.92 Å². The maximum atomic E-state index is 9.28. The molecule has 0 unspecified atom stereocenters. The van der Waals surface area contributed by atoms with Gasteiger partial charge in [0.2, 0.25) is 0 Å². The molecule has 0 amide bonds. The first kappa shape index (κ1) is 5.07. The normalized spacial score (nSPS) is 7.50. The number of amidine groups is 1. The average Bonchev–Trinajstić information content (AvgIpc) is 1.36. The first-order valence-corrected chi connectivity index (χ1v) is 1.34. The molecule has 0 aliphatic heterocycles. The van der Waals surface area contributed by atoms with Crippen LogP contribution in [-0.4, -0.2) is 10.8 Å². The standard InChI is InChI=1S/C2H4N2O2/c1-2(3)4(5)6/h3H,1H3. The maximum absolute atomic E-state index is 9.28. The van der Waals surface area contributed by atoms with Gasteiger partial charge in [0.05, 0.1) is 0 Å². The van der Waals surface area contributed by atoms with Gasteiger partial charge in [0.1, 0.15) is 0 Å². The molecule has 34 valence electrons. The van der Waals surface area contributed by atoms with Crippen LogP contribution >= 0.6 is 0 Å². The molecule has 0 saturated carbocycles. The fourth-order valence-electron chi connectivity index (χ4n) is 0. The molecule has 0 aromatic carbocycles. The third kappa shape index (κ3) is 1.40. The highest BCUT2D eigenvalue weighted by atomic mass is 16.6. The van der Waals surface area contributed by atoms with Gasteiger partial charge in [0.25, 0.3) is 0 Å². The van der Waals surface area contributed by atoms with Crippen LogP contribution in [0.1, 0.15) is 6.92 Å². The minimum atomic E-state index is -0.750. The van der Waals surface area contributed by atoms with Crippen molar-refractivity contribution in [2.45, 2.75) is 6.92 Å². The van der Waals surface area contributed by atoms with E-state index in [2.05, 4.69) is 0 Å². The van der Waals surface area contributed by atoms with Crippen LogP contribution in [0.5, 0.6) is 0 Å². The predicted octanol–water partition coefficient (Wildman–Crippen LogP) is 0.260. The molecule has 0 atom stereocenters. The van der Waals surface area contributed by atoms with E-state index in [4.69, 9.17) is 5.41 Å². The molecule has 0 aliphatic rings. The minimum Gasteiger partial charge on any atom is -0.358 e. The molecule has 0 fully saturated rings. The Morgan fingerprint density at radius 3 is 2.17 bits per heavy atom. The molecule has 0 rings (SSSR count). The summed E-state index contributed by atoms with van der Waals surface area (Å²) in [5.74, 6) is -0.519. The second kappa shape index (κ2) is 1.49. The molecule has 0 aromatic heterocycles. The SMILES string of the molecule is CC(=N)[N+](=O)[O-]. The van der Waals surface area contributed by atoms with E-state index in [0.29, 0.717) is 0 Å². The van der Waals surface area contributed by atoms with Gasteiger partial charge in [-0.2, -0.15) is 0 Å².